The lowest BCUT2D eigenvalue weighted by molar-refractivity contribution is -0.137. The van der Waals surface area contributed by atoms with Crippen LogP contribution in [0.3, 0.4) is 0 Å². The molecule has 0 radical (unpaired) electrons. The van der Waals surface area contributed by atoms with Crippen LogP contribution in [-0.2, 0) is 6.18 Å². The molecule has 0 aliphatic carbocycles. The van der Waals surface area contributed by atoms with Crippen molar-refractivity contribution in [1.82, 2.24) is 4.98 Å². The van der Waals surface area contributed by atoms with Gasteiger partial charge in [-0.15, -0.1) is 0 Å². The van der Waals surface area contributed by atoms with E-state index < -0.39 is 11.7 Å². The zero-order chi connectivity index (χ0) is 15.5. The zero-order valence-corrected chi connectivity index (χ0v) is 11.8. The molecule has 8 heteroatoms. The van der Waals surface area contributed by atoms with E-state index >= 15 is 0 Å². The minimum atomic E-state index is -4.51. The monoisotopic (exact) mass is 333 g/mol. The van der Waals surface area contributed by atoms with Crippen molar-refractivity contribution in [3.8, 4) is 0 Å². The van der Waals surface area contributed by atoms with Crippen molar-refractivity contribution < 1.29 is 13.2 Å². The third-order valence-corrected chi connectivity index (χ3v) is 3.03. The number of pyridine rings is 1. The van der Waals surface area contributed by atoms with Crippen LogP contribution in [0.15, 0.2) is 41.6 Å². The summed E-state index contributed by atoms with van der Waals surface area (Å²) in [5, 5.41) is 3.49. The highest BCUT2D eigenvalue weighted by Crippen LogP contribution is 2.38. The van der Waals surface area contributed by atoms with E-state index in [1.165, 1.54) is 6.21 Å². The molecule has 0 fully saturated rings. The second-order valence-electron chi connectivity index (χ2n) is 3.94. The summed E-state index contributed by atoms with van der Waals surface area (Å²) >= 11 is 11.6. The number of hydrogen-bond acceptors (Lipinski definition) is 3. The molecule has 2 rings (SSSR count). The van der Waals surface area contributed by atoms with Crippen LogP contribution in [-0.4, -0.2) is 11.2 Å². The maximum atomic E-state index is 12.6. The highest BCUT2D eigenvalue weighted by Gasteiger charge is 2.31. The molecule has 2 aromatic rings. The summed E-state index contributed by atoms with van der Waals surface area (Å²) in [7, 11) is 0. The SMILES string of the molecule is FC(F)(F)c1cc(Cl)c(NN=Cc2ccccn2)c(Cl)c1. The molecule has 1 heterocycles. The molecule has 1 aromatic carbocycles. The maximum Gasteiger partial charge on any atom is 0.416 e. The second-order valence-corrected chi connectivity index (χ2v) is 4.75. The van der Waals surface area contributed by atoms with Crippen molar-refractivity contribution in [2.24, 2.45) is 5.10 Å². The van der Waals surface area contributed by atoms with Crippen molar-refractivity contribution in [1.29, 1.82) is 0 Å². The van der Waals surface area contributed by atoms with E-state index in [9.17, 15) is 13.2 Å². The normalized spacial score (nSPS) is 11.9. The number of hydrogen-bond donors (Lipinski definition) is 1. The maximum absolute atomic E-state index is 12.6. The molecule has 0 aliphatic rings. The Kier molecular flexibility index (Phi) is 4.69. The number of halogens is 5. The van der Waals surface area contributed by atoms with Gasteiger partial charge in [0.1, 0.15) is 0 Å². The summed E-state index contributed by atoms with van der Waals surface area (Å²) in [6.07, 6.45) is -1.53. The Morgan fingerprint density at radius 2 is 1.81 bits per heavy atom. The standard InChI is InChI=1S/C13H8Cl2F3N3/c14-10-5-8(13(16,17)18)6-11(15)12(10)21-20-7-9-3-1-2-4-19-9/h1-7,21H. The predicted molar refractivity (Wildman–Crippen MR) is 76.9 cm³/mol. The summed E-state index contributed by atoms with van der Waals surface area (Å²) in [6.45, 7) is 0. The molecule has 0 unspecified atom stereocenters. The number of hydrazone groups is 1. The average Bonchev–Trinajstić information content (AvgIpc) is 2.42. The smallest absolute Gasteiger partial charge is 0.275 e. The fourth-order valence-electron chi connectivity index (χ4n) is 1.46. The molecule has 0 aliphatic heterocycles. The van der Waals surface area contributed by atoms with E-state index in [1.807, 2.05) is 0 Å². The first kappa shape index (κ1) is 15.6. The van der Waals surface area contributed by atoms with Crippen LogP contribution < -0.4 is 5.43 Å². The largest absolute Gasteiger partial charge is 0.416 e. The third kappa shape index (κ3) is 4.09. The summed E-state index contributed by atoms with van der Waals surface area (Å²) in [5.41, 5.74) is 2.26. The van der Waals surface area contributed by atoms with Gasteiger partial charge in [0.25, 0.3) is 0 Å². The number of nitrogens with one attached hydrogen (secondary N) is 1. The van der Waals surface area contributed by atoms with Crippen molar-refractivity contribution in [2.75, 3.05) is 5.43 Å². The molecule has 3 nitrogen and oxygen atoms in total. The van der Waals surface area contributed by atoms with Crippen LogP contribution in [0.1, 0.15) is 11.3 Å². The zero-order valence-electron chi connectivity index (χ0n) is 10.3. The summed E-state index contributed by atoms with van der Waals surface area (Å²) in [4.78, 5) is 4.00. The Morgan fingerprint density at radius 1 is 1.14 bits per heavy atom. The average molecular weight is 334 g/mol. The van der Waals surface area contributed by atoms with Gasteiger partial charge in [-0.1, -0.05) is 29.3 Å². The molecule has 0 saturated heterocycles. The van der Waals surface area contributed by atoms with Crippen molar-refractivity contribution in [2.45, 2.75) is 6.18 Å². The highest BCUT2D eigenvalue weighted by molar-refractivity contribution is 6.39. The molecule has 0 saturated carbocycles. The van der Waals surface area contributed by atoms with Crippen LogP contribution in [0.2, 0.25) is 10.0 Å². The van der Waals surface area contributed by atoms with Gasteiger partial charge in [-0.25, -0.2) is 0 Å². The Balaban J connectivity index is 2.20. The molecule has 0 atom stereocenters. The number of rotatable bonds is 3. The quantitative estimate of drug-likeness (QED) is 0.643. The van der Waals surface area contributed by atoms with Gasteiger partial charge < -0.3 is 0 Å². The van der Waals surface area contributed by atoms with Crippen LogP contribution in [0.4, 0.5) is 18.9 Å². The number of nitrogens with zero attached hydrogens (tertiary/aromatic N) is 2. The summed E-state index contributed by atoms with van der Waals surface area (Å²) in [6, 6.07) is 6.79. The van der Waals surface area contributed by atoms with E-state index in [2.05, 4.69) is 15.5 Å². The van der Waals surface area contributed by atoms with Gasteiger partial charge in [0, 0.05) is 6.20 Å². The molecule has 0 spiro atoms. The van der Waals surface area contributed by atoms with Crippen molar-refractivity contribution >= 4 is 35.1 Å². The Bertz CT molecular complexity index is 634. The van der Waals surface area contributed by atoms with Gasteiger partial charge in [0.2, 0.25) is 0 Å². The number of alkyl halides is 3. The number of benzene rings is 1. The Morgan fingerprint density at radius 3 is 2.33 bits per heavy atom. The van der Waals surface area contributed by atoms with Gasteiger partial charge in [-0.05, 0) is 24.3 Å². The van der Waals surface area contributed by atoms with E-state index in [0.717, 1.165) is 12.1 Å². The lowest BCUT2D eigenvalue weighted by Crippen LogP contribution is -2.05. The molecule has 1 aromatic heterocycles. The first-order chi connectivity index (χ1) is 9.88. The second kappa shape index (κ2) is 6.32. The molecule has 0 amide bonds. The van der Waals surface area contributed by atoms with Crippen LogP contribution in [0, 0.1) is 0 Å². The van der Waals surface area contributed by atoms with Crippen molar-refractivity contribution in [3.63, 3.8) is 0 Å². The number of aromatic nitrogens is 1. The highest BCUT2D eigenvalue weighted by atomic mass is 35.5. The minimum Gasteiger partial charge on any atom is -0.275 e. The lowest BCUT2D eigenvalue weighted by atomic mass is 10.2. The topological polar surface area (TPSA) is 37.3 Å². The van der Waals surface area contributed by atoms with Crippen molar-refractivity contribution in [3.05, 3.63) is 57.8 Å². The molecule has 1 N–H and O–H groups in total. The first-order valence-corrected chi connectivity index (χ1v) is 6.40. The Hall–Kier alpha value is -1.79. The summed E-state index contributed by atoms with van der Waals surface area (Å²) in [5.74, 6) is 0. The van der Waals surface area contributed by atoms with Gasteiger partial charge in [0.05, 0.1) is 33.2 Å². The van der Waals surface area contributed by atoms with Gasteiger partial charge in [-0.2, -0.15) is 18.3 Å². The van der Waals surface area contributed by atoms with Gasteiger partial charge in [0.15, 0.2) is 0 Å². The molecular weight excluding hydrogens is 326 g/mol. The van der Waals surface area contributed by atoms with E-state index in [0.29, 0.717) is 5.69 Å². The lowest BCUT2D eigenvalue weighted by Gasteiger charge is -2.11. The third-order valence-electron chi connectivity index (χ3n) is 2.43. The fourth-order valence-corrected chi connectivity index (χ4v) is 2.03. The molecule has 21 heavy (non-hydrogen) atoms. The first-order valence-electron chi connectivity index (χ1n) is 5.64. The van der Waals surface area contributed by atoms with Crippen LogP contribution in [0.5, 0.6) is 0 Å². The van der Waals surface area contributed by atoms with E-state index in [-0.39, 0.29) is 15.7 Å². The Labute approximate surface area is 128 Å². The number of anilines is 1. The molecular formula is C13H8Cl2F3N3. The summed E-state index contributed by atoms with van der Waals surface area (Å²) < 4.78 is 37.7. The fraction of sp³-hybridized carbons (Fsp3) is 0.0769. The molecule has 110 valence electrons. The van der Waals surface area contributed by atoms with Crippen LogP contribution >= 0.6 is 23.2 Å². The van der Waals surface area contributed by atoms with E-state index in [4.69, 9.17) is 23.2 Å². The van der Waals surface area contributed by atoms with Crippen LogP contribution in [0.25, 0.3) is 0 Å². The predicted octanol–water partition coefficient (Wildman–Crippen LogP) is 4.85. The van der Waals surface area contributed by atoms with Gasteiger partial charge in [-0.3, -0.25) is 10.4 Å². The molecule has 0 bridgehead atoms. The van der Waals surface area contributed by atoms with Gasteiger partial charge >= 0.3 is 6.18 Å². The van der Waals surface area contributed by atoms with E-state index in [1.54, 1.807) is 24.4 Å². The minimum absolute atomic E-state index is 0.0958.